The van der Waals surface area contributed by atoms with E-state index in [0.717, 1.165) is 5.57 Å². The van der Waals surface area contributed by atoms with E-state index in [1.165, 1.54) is 0 Å². The average Bonchev–Trinajstić information content (AvgIpc) is 1.82. The number of hydrogen-bond acceptors (Lipinski definition) is 2. The van der Waals surface area contributed by atoms with Gasteiger partial charge in [-0.2, -0.15) is 5.10 Å². The van der Waals surface area contributed by atoms with E-state index >= 15 is 0 Å². The first-order chi connectivity index (χ1) is 4.54. The van der Waals surface area contributed by atoms with Gasteiger partial charge in [0.1, 0.15) is 0 Å². The van der Waals surface area contributed by atoms with Crippen LogP contribution in [0.25, 0.3) is 0 Å². The first kappa shape index (κ1) is 9.21. The van der Waals surface area contributed by atoms with Crippen molar-refractivity contribution in [3.05, 3.63) is 12.2 Å². The zero-order chi connectivity index (χ0) is 8.15. The third-order valence-electron chi connectivity index (χ3n) is 1.20. The van der Waals surface area contributed by atoms with E-state index in [9.17, 15) is 0 Å². The van der Waals surface area contributed by atoms with Gasteiger partial charge >= 0.3 is 0 Å². The zero-order valence-corrected chi connectivity index (χ0v) is 7.26. The molecule has 0 radical (unpaired) electrons. The summed E-state index contributed by atoms with van der Waals surface area (Å²) in [5, 5.41) is 5.81. The molecule has 0 aliphatic carbocycles. The van der Waals surface area contributed by atoms with Crippen molar-refractivity contribution in [2.24, 2.45) is 11.0 Å². The lowest BCUT2D eigenvalue weighted by Gasteiger charge is -2.05. The third kappa shape index (κ3) is 4.13. The molecule has 0 N–H and O–H groups in total. The second-order valence-electron chi connectivity index (χ2n) is 2.82. The molecule has 0 unspecified atom stereocenters. The molecule has 0 heterocycles. The maximum absolute atomic E-state index is 4.05. The van der Waals surface area contributed by atoms with Crippen LogP contribution in [-0.4, -0.2) is 25.3 Å². The average molecular weight is 140 g/mol. The summed E-state index contributed by atoms with van der Waals surface area (Å²) in [6, 6.07) is 0. The van der Waals surface area contributed by atoms with Crippen molar-refractivity contribution in [2.75, 3.05) is 14.1 Å². The van der Waals surface area contributed by atoms with E-state index in [0.29, 0.717) is 5.92 Å². The van der Waals surface area contributed by atoms with Crippen LogP contribution in [0.15, 0.2) is 17.3 Å². The lowest BCUT2D eigenvalue weighted by atomic mass is 10.1. The van der Waals surface area contributed by atoms with Crippen molar-refractivity contribution in [3.63, 3.8) is 0 Å². The van der Waals surface area contributed by atoms with Crippen LogP contribution in [0.2, 0.25) is 0 Å². The second kappa shape index (κ2) is 4.09. The van der Waals surface area contributed by atoms with Gasteiger partial charge in [-0.25, -0.2) is 0 Å². The van der Waals surface area contributed by atoms with Crippen LogP contribution < -0.4 is 0 Å². The molecule has 0 aliphatic rings. The molecule has 0 amide bonds. The van der Waals surface area contributed by atoms with E-state index in [1.807, 2.05) is 14.1 Å². The van der Waals surface area contributed by atoms with Crippen molar-refractivity contribution in [1.82, 2.24) is 5.01 Å². The van der Waals surface area contributed by atoms with Gasteiger partial charge in [-0.1, -0.05) is 20.4 Å². The Morgan fingerprint density at radius 1 is 1.50 bits per heavy atom. The summed E-state index contributed by atoms with van der Waals surface area (Å²) in [4.78, 5) is 0. The minimum atomic E-state index is 0.490. The maximum atomic E-state index is 4.05. The molecule has 0 rings (SSSR count). The molecule has 2 nitrogen and oxygen atoms in total. The van der Waals surface area contributed by atoms with Gasteiger partial charge in [0.15, 0.2) is 0 Å². The van der Waals surface area contributed by atoms with Crippen molar-refractivity contribution in [3.8, 4) is 0 Å². The highest BCUT2D eigenvalue weighted by Crippen LogP contribution is 2.02. The normalized spacial score (nSPS) is 10.9. The predicted molar refractivity (Wildman–Crippen MR) is 46.2 cm³/mol. The number of rotatable bonds is 3. The quantitative estimate of drug-likeness (QED) is 0.430. The SMILES string of the molecule is C=C(C=NN(C)C)C(C)C. The molecule has 0 aromatic rings. The largest absolute Gasteiger partial charge is 0.303 e. The Labute approximate surface area is 63.2 Å². The lowest BCUT2D eigenvalue weighted by Crippen LogP contribution is -2.03. The number of allylic oxidation sites excluding steroid dienone is 1. The zero-order valence-electron chi connectivity index (χ0n) is 7.26. The van der Waals surface area contributed by atoms with E-state index in [-0.39, 0.29) is 0 Å². The summed E-state index contributed by atoms with van der Waals surface area (Å²) in [6.07, 6.45) is 1.80. The topological polar surface area (TPSA) is 15.6 Å². The fraction of sp³-hybridized carbons (Fsp3) is 0.625. The molecule has 0 saturated carbocycles. The summed E-state index contributed by atoms with van der Waals surface area (Å²) in [6.45, 7) is 8.05. The number of hydrogen-bond donors (Lipinski definition) is 0. The Kier molecular flexibility index (Phi) is 3.77. The van der Waals surface area contributed by atoms with Crippen LogP contribution in [0.3, 0.4) is 0 Å². The Morgan fingerprint density at radius 3 is 2.30 bits per heavy atom. The van der Waals surface area contributed by atoms with E-state index in [4.69, 9.17) is 0 Å². The number of hydrazone groups is 1. The summed E-state index contributed by atoms with van der Waals surface area (Å²) >= 11 is 0. The highest BCUT2D eigenvalue weighted by Gasteiger charge is 1.94. The van der Waals surface area contributed by atoms with Crippen LogP contribution in [-0.2, 0) is 0 Å². The van der Waals surface area contributed by atoms with E-state index < -0.39 is 0 Å². The second-order valence-corrected chi connectivity index (χ2v) is 2.82. The van der Waals surface area contributed by atoms with Gasteiger partial charge in [0.25, 0.3) is 0 Å². The smallest absolute Gasteiger partial charge is 0.0498 e. The molecule has 0 fully saturated rings. The Morgan fingerprint density at radius 2 is 2.00 bits per heavy atom. The van der Waals surface area contributed by atoms with Gasteiger partial charge in [0, 0.05) is 20.3 Å². The van der Waals surface area contributed by atoms with Gasteiger partial charge in [-0.3, -0.25) is 0 Å². The minimum absolute atomic E-state index is 0.490. The van der Waals surface area contributed by atoms with Crippen LogP contribution in [0.1, 0.15) is 13.8 Å². The Hall–Kier alpha value is -0.790. The van der Waals surface area contributed by atoms with Crippen LogP contribution in [0.4, 0.5) is 0 Å². The lowest BCUT2D eigenvalue weighted by molar-refractivity contribution is 0.440. The van der Waals surface area contributed by atoms with Gasteiger partial charge in [-0.05, 0) is 11.5 Å². The summed E-state index contributed by atoms with van der Waals surface area (Å²) < 4.78 is 0. The highest BCUT2D eigenvalue weighted by molar-refractivity contribution is 5.77. The molecule has 0 aromatic carbocycles. The fourth-order valence-electron chi connectivity index (χ4n) is 0.339. The number of nitrogens with zero attached hydrogens (tertiary/aromatic N) is 2. The molecule has 2 heteroatoms. The molecule has 0 atom stereocenters. The van der Waals surface area contributed by atoms with Crippen LogP contribution in [0.5, 0.6) is 0 Å². The van der Waals surface area contributed by atoms with Crippen LogP contribution in [0, 0.1) is 5.92 Å². The predicted octanol–water partition coefficient (Wildman–Crippen LogP) is 1.75. The van der Waals surface area contributed by atoms with E-state index in [1.54, 1.807) is 11.2 Å². The molecule has 58 valence electrons. The molecule has 0 aromatic heterocycles. The van der Waals surface area contributed by atoms with Gasteiger partial charge < -0.3 is 5.01 Å². The maximum Gasteiger partial charge on any atom is 0.0498 e. The van der Waals surface area contributed by atoms with E-state index in [2.05, 4.69) is 25.5 Å². The molecular weight excluding hydrogens is 124 g/mol. The molecule has 0 spiro atoms. The Bertz CT molecular complexity index is 134. The molecule has 0 aliphatic heterocycles. The van der Waals surface area contributed by atoms with Crippen molar-refractivity contribution >= 4 is 6.21 Å². The van der Waals surface area contributed by atoms with Gasteiger partial charge in [0.2, 0.25) is 0 Å². The Balaban J connectivity index is 3.79. The van der Waals surface area contributed by atoms with Crippen molar-refractivity contribution in [2.45, 2.75) is 13.8 Å². The van der Waals surface area contributed by atoms with Gasteiger partial charge in [-0.15, -0.1) is 0 Å². The highest BCUT2D eigenvalue weighted by atomic mass is 15.4. The van der Waals surface area contributed by atoms with Gasteiger partial charge in [0.05, 0.1) is 0 Å². The summed E-state index contributed by atoms with van der Waals surface area (Å²) in [7, 11) is 3.79. The molecule has 0 bridgehead atoms. The van der Waals surface area contributed by atoms with Crippen molar-refractivity contribution in [1.29, 1.82) is 0 Å². The monoisotopic (exact) mass is 140 g/mol. The molecule has 0 saturated heterocycles. The molecular formula is C8H16N2. The van der Waals surface area contributed by atoms with Crippen molar-refractivity contribution < 1.29 is 0 Å². The summed E-state index contributed by atoms with van der Waals surface area (Å²) in [5.74, 6) is 0.490. The van der Waals surface area contributed by atoms with Crippen LogP contribution >= 0.6 is 0 Å². The fourth-order valence-corrected chi connectivity index (χ4v) is 0.339. The summed E-state index contributed by atoms with van der Waals surface area (Å²) in [5.41, 5.74) is 1.06. The molecule has 10 heavy (non-hydrogen) atoms. The third-order valence-corrected chi connectivity index (χ3v) is 1.20. The first-order valence-electron chi connectivity index (χ1n) is 3.44. The standard InChI is InChI=1S/C8H16N2/c1-7(2)8(3)6-9-10(4)5/h6-7H,3H2,1-2,4-5H3. The minimum Gasteiger partial charge on any atom is -0.303 e. The first-order valence-corrected chi connectivity index (χ1v) is 3.44.